The van der Waals surface area contributed by atoms with E-state index in [0.29, 0.717) is 0 Å². The van der Waals surface area contributed by atoms with Gasteiger partial charge in [0.05, 0.1) is 18.1 Å². The molecule has 1 rings (SSSR count). The number of carbonyl (C=O) groups is 1. The molecule has 0 aromatic heterocycles. The Kier molecular flexibility index (Phi) is 5.93. The monoisotopic (exact) mass is 301 g/mol. The number of nitrogens with zero attached hydrogens (tertiary/aromatic N) is 1. The predicted molar refractivity (Wildman–Crippen MR) is 73.8 cm³/mol. The Hall–Kier alpha value is -1.64. The summed E-state index contributed by atoms with van der Waals surface area (Å²) in [5.74, 6) is 0.0460. The van der Waals surface area contributed by atoms with E-state index < -0.39 is 17.1 Å². The fourth-order valence-corrected chi connectivity index (χ4v) is 2.24. The molecule has 20 heavy (non-hydrogen) atoms. The number of rotatable bonds is 6. The van der Waals surface area contributed by atoms with Crippen LogP contribution in [0.25, 0.3) is 0 Å². The van der Waals surface area contributed by atoms with Gasteiger partial charge in [-0.1, -0.05) is 17.8 Å². The van der Waals surface area contributed by atoms with E-state index in [1.807, 2.05) is 0 Å². The molecule has 0 saturated heterocycles. The van der Waals surface area contributed by atoms with Gasteiger partial charge in [0.2, 0.25) is 0 Å². The summed E-state index contributed by atoms with van der Waals surface area (Å²) in [4.78, 5) is 21.2. The van der Waals surface area contributed by atoms with Crippen molar-refractivity contribution >= 4 is 22.6 Å². The van der Waals surface area contributed by atoms with Crippen molar-refractivity contribution in [3.05, 3.63) is 33.9 Å². The number of benzene rings is 1. The van der Waals surface area contributed by atoms with E-state index in [4.69, 9.17) is 4.74 Å². The first-order valence-corrected chi connectivity index (χ1v) is 6.67. The Morgan fingerprint density at radius 1 is 1.50 bits per heavy atom. The zero-order valence-corrected chi connectivity index (χ0v) is 11.8. The zero-order valence-electron chi connectivity index (χ0n) is 11.0. The quantitative estimate of drug-likeness (QED) is 0.601. The lowest BCUT2D eigenvalue weighted by Crippen LogP contribution is -2.22. The summed E-state index contributed by atoms with van der Waals surface area (Å²) in [5.41, 5.74) is -0.444. The Labute approximate surface area is 119 Å². The van der Waals surface area contributed by atoms with Crippen molar-refractivity contribution in [1.29, 1.82) is 0 Å². The van der Waals surface area contributed by atoms with E-state index in [2.05, 4.69) is 0 Å². The van der Waals surface area contributed by atoms with Gasteiger partial charge in [-0.25, -0.2) is 0 Å². The fraction of sp³-hybridized carbons (Fsp3) is 0.417. The molecule has 0 aliphatic carbocycles. The van der Waals surface area contributed by atoms with E-state index in [1.54, 1.807) is 0 Å². The van der Waals surface area contributed by atoms with Crippen LogP contribution in [0.15, 0.2) is 18.2 Å². The molecule has 7 nitrogen and oxygen atoms in total. The number of hydrogen-bond acceptors (Lipinski definition) is 7. The summed E-state index contributed by atoms with van der Waals surface area (Å²) in [5, 5.41) is 30.7. The average Bonchev–Trinajstić information content (AvgIpc) is 2.42. The van der Waals surface area contributed by atoms with E-state index in [-0.39, 0.29) is 27.9 Å². The predicted octanol–water partition coefficient (Wildman–Crippen LogP) is 1.28. The summed E-state index contributed by atoms with van der Waals surface area (Å²) in [6.07, 6.45) is -2.84. The summed E-state index contributed by atoms with van der Waals surface area (Å²) in [6.45, 7) is 1.33. The number of aliphatic hydroxyl groups excluding tert-OH is 2. The number of methoxy groups -OCH3 is 1. The number of nitro benzene ring substituents is 1. The third-order valence-corrected chi connectivity index (χ3v) is 3.49. The van der Waals surface area contributed by atoms with E-state index in [0.717, 1.165) is 11.8 Å². The SMILES string of the molecule is COc1cccc([N+](=O)[O-])c1C(O)C(O)CSC(C)=O. The van der Waals surface area contributed by atoms with Gasteiger partial charge in [0, 0.05) is 18.7 Å². The highest BCUT2D eigenvalue weighted by Crippen LogP contribution is 2.35. The lowest BCUT2D eigenvalue weighted by molar-refractivity contribution is -0.386. The van der Waals surface area contributed by atoms with Gasteiger partial charge in [0.15, 0.2) is 5.12 Å². The van der Waals surface area contributed by atoms with Crippen LogP contribution in [0.1, 0.15) is 18.6 Å². The van der Waals surface area contributed by atoms with Gasteiger partial charge in [-0.2, -0.15) is 0 Å². The van der Waals surface area contributed by atoms with Crippen LogP contribution in [0, 0.1) is 10.1 Å². The number of nitro groups is 1. The van der Waals surface area contributed by atoms with Gasteiger partial charge in [0.25, 0.3) is 5.69 Å². The molecule has 8 heteroatoms. The highest BCUT2D eigenvalue weighted by molar-refractivity contribution is 8.13. The number of thioether (sulfide) groups is 1. The third kappa shape index (κ3) is 3.92. The van der Waals surface area contributed by atoms with E-state index in [9.17, 15) is 25.1 Å². The Balaban J connectivity index is 3.09. The van der Waals surface area contributed by atoms with Crippen molar-refractivity contribution in [2.24, 2.45) is 0 Å². The van der Waals surface area contributed by atoms with Crippen molar-refractivity contribution in [3.63, 3.8) is 0 Å². The molecule has 0 aliphatic heterocycles. The summed E-state index contributed by atoms with van der Waals surface area (Å²) < 4.78 is 4.98. The van der Waals surface area contributed by atoms with Crippen LogP contribution in [0.5, 0.6) is 5.75 Å². The molecule has 0 radical (unpaired) electrons. The minimum Gasteiger partial charge on any atom is -0.496 e. The molecule has 0 bridgehead atoms. The Bertz CT molecular complexity index is 507. The molecule has 2 atom stereocenters. The van der Waals surface area contributed by atoms with Crippen molar-refractivity contribution in [3.8, 4) is 5.75 Å². The molecule has 0 fully saturated rings. The van der Waals surface area contributed by atoms with Crippen LogP contribution in [-0.4, -0.2) is 39.2 Å². The Morgan fingerprint density at radius 2 is 2.15 bits per heavy atom. The van der Waals surface area contributed by atoms with E-state index >= 15 is 0 Å². The summed E-state index contributed by atoms with van der Waals surface area (Å²) in [7, 11) is 1.31. The first kappa shape index (κ1) is 16.4. The fourth-order valence-electron chi connectivity index (χ4n) is 1.65. The highest BCUT2D eigenvalue weighted by atomic mass is 32.2. The molecule has 0 aliphatic rings. The topological polar surface area (TPSA) is 110 Å². The number of carbonyl (C=O) groups excluding carboxylic acids is 1. The van der Waals surface area contributed by atoms with Crippen LogP contribution in [0.2, 0.25) is 0 Å². The maximum absolute atomic E-state index is 11.0. The molecule has 0 spiro atoms. The van der Waals surface area contributed by atoms with Gasteiger partial charge in [-0.05, 0) is 6.07 Å². The first-order chi connectivity index (χ1) is 9.38. The minimum absolute atomic E-state index is 0.0638. The smallest absolute Gasteiger partial charge is 0.279 e. The van der Waals surface area contributed by atoms with Crippen LogP contribution in [0.4, 0.5) is 5.69 Å². The summed E-state index contributed by atoms with van der Waals surface area (Å²) >= 11 is 0.831. The van der Waals surface area contributed by atoms with Crippen LogP contribution < -0.4 is 4.74 Å². The molecule has 1 aromatic carbocycles. The zero-order chi connectivity index (χ0) is 15.3. The second-order valence-corrected chi connectivity index (χ2v) is 5.16. The molecular formula is C12H15NO6S. The average molecular weight is 301 g/mol. The maximum atomic E-state index is 11.0. The van der Waals surface area contributed by atoms with Gasteiger partial charge in [0.1, 0.15) is 17.4 Å². The maximum Gasteiger partial charge on any atom is 0.279 e. The number of ether oxygens (including phenoxy) is 1. The van der Waals surface area contributed by atoms with Gasteiger partial charge < -0.3 is 14.9 Å². The lowest BCUT2D eigenvalue weighted by atomic mass is 10.0. The summed E-state index contributed by atoms with van der Waals surface area (Å²) in [6, 6.07) is 4.09. The molecule has 1 aromatic rings. The first-order valence-electron chi connectivity index (χ1n) is 5.69. The van der Waals surface area contributed by atoms with Crippen molar-refractivity contribution < 1.29 is 24.7 Å². The second kappa shape index (κ2) is 7.22. The van der Waals surface area contributed by atoms with Gasteiger partial charge >= 0.3 is 0 Å². The molecule has 0 amide bonds. The molecule has 0 heterocycles. The van der Waals surface area contributed by atoms with E-state index in [1.165, 1.54) is 32.2 Å². The molecule has 2 N–H and O–H groups in total. The molecule has 2 unspecified atom stereocenters. The van der Waals surface area contributed by atoms with Crippen molar-refractivity contribution in [1.82, 2.24) is 0 Å². The minimum atomic E-state index is -1.52. The third-order valence-electron chi connectivity index (χ3n) is 2.58. The Morgan fingerprint density at radius 3 is 2.65 bits per heavy atom. The largest absolute Gasteiger partial charge is 0.496 e. The normalized spacial score (nSPS) is 13.6. The molecule has 110 valence electrons. The lowest BCUT2D eigenvalue weighted by Gasteiger charge is -2.19. The van der Waals surface area contributed by atoms with Crippen LogP contribution in [-0.2, 0) is 4.79 Å². The van der Waals surface area contributed by atoms with Crippen molar-refractivity contribution in [2.75, 3.05) is 12.9 Å². The highest BCUT2D eigenvalue weighted by Gasteiger charge is 2.30. The second-order valence-electron chi connectivity index (χ2n) is 3.96. The van der Waals surface area contributed by atoms with Gasteiger partial charge in [-0.3, -0.25) is 14.9 Å². The van der Waals surface area contributed by atoms with Crippen molar-refractivity contribution in [2.45, 2.75) is 19.1 Å². The van der Waals surface area contributed by atoms with Gasteiger partial charge in [-0.15, -0.1) is 0 Å². The number of hydrogen-bond donors (Lipinski definition) is 2. The number of aliphatic hydroxyl groups is 2. The van der Waals surface area contributed by atoms with Crippen LogP contribution in [0.3, 0.4) is 0 Å². The standard InChI is InChI=1S/C12H15NO6S/c1-7(14)20-6-9(15)12(16)11-8(13(17)18)4-3-5-10(11)19-2/h3-5,9,12,15-16H,6H2,1-2H3. The molecular weight excluding hydrogens is 286 g/mol. The molecule has 0 saturated carbocycles. The van der Waals surface area contributed by atoms with Crippen LogP contribution >= 0.6 is 11.8 Å².